The number of non-ortho nitro benzene ring substituents is 1. The summed E-state index contributed by atoms with van der Waals surface area (Å²) >= 11 is 0. The summed E-state index contributed by atoms with van der Waals surface area (Å²) in [5, 5.41) is 29.5. The van der Waals surface area contributed by atoms with E-state index in [0.29, 0.717) is 22.6 Å². The van der Waals surface area contributed by atoms with E-state index in [9.17, 15) is 20.2 Å². The molecule has 2 N–H and O–H groups in total. The van der Waals surface area contributed by atoms with Crippen LogP contribution in [0.5, 0.6) is 0 Å². The number of H-pyrrole nitrogens is 1. The molecule has 0 unspecified atom stereocenters. The summed E-state index contributed by atoms with van der Waals surface area (Å²) in [5.74, 6) is -0.0127. The number of nitriles is 1. The van der Waals surface area contributed by atoms with Crippen LogP contribution in [0, 0.1) is 21.4 Å². The fraction of sp³-hybridized carbons (Fsp3) is 0.0556. The maximum atomic E-state index is 12.2. The van der Waals surface area contributed by atoms with Crippen LogP contribution in [-0.2, 0) is 11.3 Å². The second-order valence-corrected chi connectivity index (χ2v) is 5.44. The highest BCUT2D eigenvalue weighted by Crippen LogP contribution is 2.26. The number of rotatable bonds is 6. The third-order valence-corrected chi connectivity index (χ3v) is 3.68. The fourth-order valence-corrected chi connectivity index (χ4v) is 2.39. The zero-order chi connectivity index (χ0) is 19.2. The minimum absolute atomic E-state index is 0.0753. The molecule has 0 aliphatic carbocycles. The van der Waals surface area contributed by atoms with Gasteiger partial charge in [0.1, 0.15) is 17.4 Å². The number of nitro groups is 1. The Labute approximate surface area is 153 Å². The fourth-order valence-electron chi connectivity index (χ4n) is 2.39. The van der Waals surface area contributed by atoms with Crippen molar-refractivity contribution in [1.82, 2.24) is 15.5 Å². The van der Waals surface area contributed by atoms with Crippen LogP contribution in [0.2, 0.25) is 0 Å². The summed E-state index contributed by atoms with van der Waals surface area (Å²) in [7, 11) is 0. The van der Waals surface area contributed by atoms with Gasteiger partial charge in [-0.25, -0.2) is 0 Å². The Hall–Kier alpha value is -4.19. The Morgan fingerprint density at radius 2 is 2.26 bits per heavy atom. The summed E-state index contributed by atoms with van der Waals surface area (Å²) in [5.41, 5.74) is 1.23. The molecule has 9 heteroatoms. The van der Waals surface area contributed by atoms with E-state index < -0.39 is 10.8 Å². The number of nitrogens with one attached hydrogen (secondary N) is 2. The number of hydrogen-bond donors (Lipinski definition) is 2. The Bertz CT molecular complexity index is 1040. The molecule has 0 spiro atoms. The highest BCUT2D eigenvalue weighted by atomic mass is 16.6. The molecule has 0 saturated carbocycles. The summed E-state index contributed by atoms with van der Waals surface area (Å²) in [6, 6.07) is 11.2. The van der Waals surface area contributed by atoms with Crippen LogP contribution in [0.1, 0.15) is 11.3 Å². The van der Waals surface area contributed by atoms with E-state index in [1.54, 1.807) is 24.3 Å². The summed E-state index contributed by atoms with van der Waals surface area (Å²) < 4.78 is 5.12. The molecule has 3 rings (SSSR count). The number of nitrogens with zero attached hydrogens (tertiary/aromatic N) is 3. The Kier molecular flexibility index (Phi) is 5.09. The quantitative estimate of drug-likeness (QED) is 0.299. The molecule has 0 aliphatic heterocycles. The van der Waals surface area contributed by atoms with Gasteiger partial charge in [0.15, 0.2) is 0 Å². The molecule has 3 aromatic rings. The van der Waals surface area contributed by atoms with Crippen molar-refractivity contribution in [3.05, 3.63) is 75.9 Å². The number of hydrogen-bond acceptors (Lipinski definition) is 6. The maximum Gasteiger partial charge on any atom is 0.270 e. The maximum absolute atomic E-state index is 12.2. The molecule has 2 aromatic heterocycles. The van der Waals surface area contributed by atoms with E-state index in [1.807, 2.05) is 6.07 Å². The second-order valence-electron chi connectivity index (χ2n) is 5.44. The number of amides is 1. The zero-order valence-corrected chi connectivity index (χ0v) is 13.9. The largest absolute Gasteiger partial charge is 0.467 e. The van der Waals surface area contributed by atoms with Crippen molar-refractivity contribution in [3.8, 4) is 17.3 Å². The molecule has 27 heavy (non-hydrogen) atoms. The van der Waals surface area contributed by atoms with Crippen LogP contribution in [0.4, 0.5) is 5.69 Å². The first-order chi connectivity index (χ1) is 13.1. The first-order valence-corrected chi connectivity index (χ1v) is 7.79. The van der Waals surface area contributed by atoms with Gasteiger partial charge in [-0.15, -0.1) is 0 Å². The van der Waals surface area contributed by atoms with Crippen LogP contribution < -0.4 is 5.32 Å². The van der Waals surface area contributed by atoms with Crippen molar-refractivity contribution in [2.24, 2.45) is 0 Å². The molecule has 1 aromatic carbocycles. The van der Waals surface area contributed by atoms with Crippen molar-refractivity contribution in [2.45, 2.75) is 6.54 Å². The minimum Gasteiger partial charge on any atom is -0.467 e. The van der Waals surface area contributed by atoms with Crippen LogP contribution in [-0.4, -0.2) is 21.0 Å². The molecule has 0 saturated heterocycles. The van der Waals surface area contributed by atoms with Gasteiger partial charge in [0.25, 0.3) is 11.6 Å². The third-order valence-electron chi connectivity index (χ3n) is 3.68. The third kappa shape index (κ3) is 4.08. The van der Waals surface area contributed by atoms with Gasteiger partial charge in [-0.1, -0.05) is 12.1 Å². The lowest BCUT2D eigenvalue weighted by Gasteiger charge is -2.03. The van der Waals surface area contributed by atoms with Gasteiger partial charge in [-0.3, -0.25) is 20.0 Å². The molecule has 2 heterocycles. The lowest BCUT2D eigenvalue weighted by atomic mass is 10.1. The van der Waals surface area contributed by atoms with Crippen molar-refractivity contribution in [3.63, 3.8) is 0 Å². The van der Waals surface area contributed by atoms with E-state index in [2.05, 4.69) is 15.5 Å². The molecule has 0 radical (unpaired) electrons. The second kappa shape index (κ2) is 7.79. The van der Waals surface area contributed by atoms with Crippen molar-refractivity contribution < 1.29 is 14.1 Å². The lowest BCUT2D eigenvalue weighted by Crippen LogP contribution is -2.23. The number of furan rings is 1. The van der Waals surface area contributed by atoms with Crippen LogP contribution in [0.3, 0.4) is 0 Å². The number of benzene rings is 1. The highest BCUT2D eigenvalue weighted by molar-refractivity contribution is 6.02. The van der Waals surface area contributed by atoms with Gasteiger partial charge in [0, 0.05) is 23.3 Å². The van der Waals surface area contributed by atoms with Gasteiger partial charge < -0.3 is 9.73 Å². The Morgan fingerprint density at radius 3 is 2.96 bits per heavy atom. The van der Waals surface area contributed by atoms with Crippen LogP contribution >= 0.6 is 0 Å². The van der Waals surface area contributed by atoms with E-state index in [-0.39, 0.29) is 17.8 Å². The smallest absolute Gasteiger partial charge is 0.270 e. The first kappa shape index (κ1) is 17.6. The van der Waals surface area contributed by atoms with Crippen molar-refractivity contribution in [2.75, 3.05) is 0 Å². The molecule has 0 atom stereocenters. The SMILES string of the molecule is N#C/C(=C\c1cn[nH]c1-c1cccc([N+](=O)[O-])c1)C(=O)NCc1ccco1. The number of aromatic amines is 1. The summed E-state index contributed by atoms with van der Waals surface area (Å²) in [6.45, 7) is 0.147. The Balaban J connectivity index is 1.85. The van der Waals surface area contributed by atoms with E-state index in [1.165, 1.54) is 30.7 Å². The minimum atomic E-state index is -0.569. The molecule has 0 fully saturated rings. The number of aromatic nitrogens is 2. The number of nitro benzene ring substituents is 1. The number of carbonyl (C=O) groups excluding carboxylic acids is 1. The van der Waals surface area contributed by atoms with Gasteiger partial charge in [-0.05, 0) is 18.2 Å². The van der Waals surface area contributed by atoms with Gasteiger partial charge in [0.05, 0.1) is 29.6 Å². The van der Waals surface area contributed by atoms with Crippen molar-refractivity contribution in [1.29, 1.82) is 5.26 Å². The summed E-state index contributed by atoms with van der Waals surface area (Å²) in [4.78, 5) is 22.7. The average molecular weight is 363 g/mol. The average Bonchev–Trinajstić information content (AvgIpc) is 3.36. The van der Waals surface area contributed by atoms with E-state index in [4.69, 9.17) is 4.42 Å². The zero-order valence-electron chi connectivity index (χ0n) is 13.9. The van der Waals surface area contributed by atoms with Crippen LogP contribution in [0.25, 0.3) is 17.3 Å². The lowest BCUT2D eigenvalue weighted by molar-refractivity contribution is -0.384. The topological polar surface area (TPSA) is 138 Å². The molecular formula is C18H13N5O4. The van der Waals surface area contributed by atoms with Crippen LogP contribution in [0.15, 0.2) is 58.8 Å². The van der Waals surface area contributed by atoms with Gasteiger partial charge >= 0.3 is 0 Å². The van der Waals surface area contributed by atoms with E-state index >= 15 is 0 Å². The highest BCUT2D eigenvalue weighted by Gasteiger charge is 2.14. The molecule has 0 bridgehead atoms. The Morgan fingerprint density at radius 1 is 1.41 bits per heavy atom. The monoisotopic (exact) mass is 363 g/mol. The first-order valence-electron chi connectivity index (χ1n) is 7.79. The molecule has 0 aliphatic rings. The molecule has 134 valence electrons. The van der Waals surface area contributed by atoms with Gasteiger partial charge in [-0.2, -0.15) is 10.4 Å². The van der Waals surface area contributed by atoms with Gasteiger partial charge in [0.2, 0.25) is 0 Å². The molecular weight excluding hydrogens is 350 g/mol. The predicted molar refractivity (Wildman–Crippen MR) is 94.8 cm³/mol. The van der Waals surface area contributed by atoms with Crippen molar-refractivity contribution >= 4 is 17.7 Å². The number of carbonyl (C=O) groups is 1. The summed E-state index contributed by atoms with van der Waals surface area (Å²) in [6.07, 6.45) is 4.29. The molecule has 1 amide bonds. The standard InChI is InChI=1S/C18H13N5O4/c19-9-13(18(24)20-11-16-5-2-6-27-16)7-14-10-21-22-17(14)12-3-1-4-15(8-12)23(25)26/h1-8,10H,11H2,(H,20,24)(H,21,22)/b13-7+. The predicted octanol–water partition coefficient (Wildman–Crippen LogP) is 2.80. The normalized spacial score (nSPS) is 11.0. The van der Waals surface area contributed by atoms with E-state index in [0.717, 1.165) is 0 Å². The molecule has 9 nitrogen and oxygen atoms in total.